The highest BCUT2D eigenvalue weighted by Gasteiger charge is 2.53. The predicted octanol–water partition coefficient (Wildman–Crippen LogP) is 3.18. The summed E-state index contributed by atoms with van der Waals surface area (Å²) in [4.78, 5) is 47.8. The lowest BCUT2D eigenvalue weighted by molar-refractivity contribution is -0.288. The molecule has 2 aliphatic rings. The molecule has 0 aliphatic carbocycles. The van der Waals surface area contributed by atoms with Crippen LogP contribution in [0.5, 0.6) is 11.5 Å². The molecule has 3 rings (SSSR count). The molecule has 11 heteroatoms. The van der Waals surface area contributed by atoms with Crippen molar-refractivity contribution in [3.63, 3.8) is 0 Å². The van der Waals surface area contributed by atoms with Crippen molar-refractivity contribution in [1.29, 1.82) is 0 Å². The van der Waals surface area contributed by atoms with Crippen LogP contribution in [0, 0.1) is 20.8 Å². The fourth-order valence-electron chi connectivity index (χ4n) is 4.92. The molecule has 2 aliphatic heterocycles. The van der Waals surface area contributed by atoms with E-state index in [0.717, 1.165) is 40.8 Å². The fraction of sp³-hybridized carbons (Fsp3) is 0.643. The van der Waals surface area contributed by atoms with E-state index < -0.39 is 54.6 Å². The number of rotatable bonds is 7. The minimum absolute atomic E-state index is 0.307. The molecule has 0 aromatic heterocycles. The molecule has 0 spiro atoms. The average molecular weight is 551 g/mol. The van der Waals surface area contributed by atoms with Crippen LogP contribution < -0.4 is 9.47 Å². The van der Waals surface area contributed by atoms with Gasteiger partial charge in [0.05, 0.1) is 0 Å². The summed E-state index contributed by atoms with van der Waals surface area (Å²) >= 11 is 0. The minimum atomic E-state index is -1.31. The number of carbonyl (C=O) groups excluding carboxylic acids is 4. The largest absolute Gasteiger partial charge is 0.487 e. The van der Waals surface area contributed by atoms with E-state index in [1.54, 1.807) is 0 Å². The van der Waals surface area contributed by atoms with Gasteiger partial charge in [0.15, 0.2) is 12.2 Å². The molecule has 5 unspecified atom stereocenters. The van der Waals surface area contributed by atoms with E-state index in [1.807, 2.05) is 34.6 Å². The number of benzene rings is 1. The van der Waals surface area contributed by atoms with E-state index in [1.165, 1.54) is 27.7 Å². The normalized spacial score (nSPS) is 25.4. The molecule has 2 heterocycles. The van der Waals surface area contributed by atoms with Gasteiger partial charge in [0.1, 0.15) is 29.8 Å². The summed E-state index contributed by atoms with van der Waals surface area (Å²) in [5.41, 5.74) is 3.20. The maximum atomic E-state index is 12.1. The highest BCUT2D eigenvalue weighted by Crippen LogP contribution is 2.44. The predicted molar refractivity (Wildman–Crippen MR) is 136 cm³/mol. The molecule has 0 N–H and O–H groups in total. The Morgan fingerprint density at radius 2 is 1.36 bits per heavy atom. The Labute approximate surface area is 228 Å². The first-order valence-electron chi connectivity index (χ1n) is 12.9. The highest BCUT2D eigenvalue weighted by molar-refractivity contribution is 5.69. The monoisotopic (exact) mass is 550 g/mol. The van der Waals surface area contributed by atoms with Gasteiger partial charge < -0.3 is 33.2 Å². The third kappa shape index (κ3) is 7.00. The molecule has 0 saturated carbocycles. The first-order valence-corrected chi connectivity index (χ1v) is 12.9. The molecular weight excluding hydrogens is 512 g/mol. The Kier molecular flexibility index (Phi) is 9.15. The van der Waals surface area contributed by atoms with Crippen LogP contribution >= 0.6 is 0 Å². The minimum Gasteiger partial charge on any atom is -0.487 e. The van der Waals surface area contributed by atoms with Crippen molar-refractivity contribution in [3.8, 4) is 11.5 Å². The van der Waals surface area contributed by atoms with Gasteiger partial charge in [-0.2, -0.15) is 0 Å². The van der Waals surface area contributed by atoms with Crippen LogP contribution in [0.15, 0.2) is 0 Å². The van der Waals surface area contributed by atoms with E-state index in [0.29, 0.717) is 5.75 Å². The van der Waals surface area contributed by atoms with Crippen LogP contribution in [0.4, 0.5) is 0 Å². The summed E-state index contributed by atoms with van der Waals surface area (Å²) in [6, 6.07) is 0. The van der Waals surface area contributed by atoms with Gasteiger partial charge in [0.2, 0.25) is 12.4 Å². The molecule has 0 amide bonds. The van der Waals surface area contributed by atoms with Gasteiger partial charge in [-0.1, -0.05) is 0 Å². The van der Waals surface area contributed by atoms with Gasteiger partial charge in [0.25, 0.3) is 0 Å². The van der Waals surface area contributed by atoms with Crippen LogP contribution in [-0.2, 0) is 49.3 Å². The number of hydrogen-bond donors (Lipinski definition) is 0. The zero-order chi connectivity index (χ0) is 29.2. The van der Waals surface area contributed by atoms with Crippen LogP contribution in [0.1, 0.15) is 70.2 Å². The topological polar surface area (TPSA) is 133 Å². The van der Waals surface area contributed by atoms with Crippen molar-refractivity contribution >= 4 is 23.9 Å². The quantitative estimate of drug-likeness (QED) is 0.366. The van der Waals surface area contributed by atoms with Crippen molar-refractivity contribution in [3.05, 3.63) is 22.3 Å². The third-order valence-electron chi connectivity index (χ3n) is 6.85. The summed E-state index contributed by atoms with van der Waals surface area (Å²) in [7, 11) is 0. The zero-order valence-electron chi connectivity index (χ0n) is 24.0. The van der Waals surface area contributed by atoms with Crippen molar-refractivity contribution in [2.45, 2.75) is 111 Å². The van der Waals surface area contributed by atoms with E-state index in [4.69, 9.17) is 33.2 Å². The highest BCUT2D eigenvalue weighted by atomic mass is 16.7. The third-order valence-corrected chi connectivity index (χ3v) is 6.85. The molecule has 0 bridgehead atoms. The molecule has 11 nitrogen and oxygen atoms in total. The summed E-state index contributed by atoms with van der Waals surface area (Å²) in [6.45, 7) is 14.2. The first-order chi connectivity index (χ1) is 18.1. The van der Waals surface area contributed by atoms with Gasteiger partial charge in [-0.25, -0.2) is 0 Å². The van der Waals surface area contributed by atoms with Crippen molar-refractivity contribution < 1.29 is 52.3 Å². The molecular formula is C28H38O11. The Balaban J connectivity index is 2.09. The molecule has 1 aromatic rings. The zero-order valence-corrected chi connectivity index (χ0v) is 24.0. The fourth-order valence-corrected chi connectivity index (χ4v) is 4.92. The Morgan fingerprint density at radius 3 is 1.92 bits per heavy atom. The molecule has 1 aromatic carbocycles. The lowest BCUT2D eigenvalue weighted by atomic mass is 9.88. The second-order valence-electron chi connectivity index (χ2n) is 10.6. The van der Waals surface area contributed by atoms with Gasteiger partial charge in [-0.15, -0.1) is 0 Å². The second-order valence-corrected chi connectivity index (χ2v) is 10.6. The Morgan fingerprint density at radius 1 is 0.795 bits per heavy atom. The van der Waals surface area contributed by atoms with Gasteiger partial charge >= 0.3 is 23.9 Å². The van der Waals surface area contributed by atoms with Crippen LogP contribution in [-0.4, -0.2) is 66.8 Å². The molecule has 216 valence electrons. The molecule has 1 saturated heterocycles. The summed E-state index contributed by atoms with van der Waals surface area (Å²) in [5, 5.41) is 0. The van der Waals surface area contributed by atoms with Crippen molar-refractivity contribution in [2.75, 3.05) is 6.61 Å². The summed E-state index contributed by atoms with van der Waals surface area (Å²) in [6.07, 6.45) is -4.69. The standard InChI is InChI=1S/C28H38O11/c1-13-14(2)23-20(10-11-28(8,9)39-23)15(3)22(13)38-27-26(36-19(7)32)25(35-18(6)31)24(34-17(5)30)21(37-27)12-33-16(4)29/h21,24-27H,10-12H2,1-9H3. The van der Waals surface area contributed by atoms with Crippen molar-refractivity contribution in [2.24, 2.45) is 0 Å². The van der Waals surface area contributed by atoms with Gasteiger partial charge in [-0.3, -0.25) is 19.2 Å². The summed E-state index contributed by atoms with van der Waals surface area (Å²) < 4.78 is 40.5. The SMILES string of the molecule is CC(=O)OCC1OC(Oc2c(C)c(C)c3c(c2C)CCC(C)(C)O3)C(OC(C)=O)C(OC(C)=O)C1OC(C)=O. The molecule has 1 fully saturated rings. The maximum Gasteiger partial charge on any atom is 0.303 e. The van der Waals surface area contributed by atoms with Crippen LogP contribution in [0.3, 0.4) is 0 Å². The number of hydrogen-bond acceptors (Lipinski definition) is 11. The molecule has 5 atom stereocenters. The molecule has 0 radical (unpaired) electrons. The number of carbonyl (C=O) groups is 4. The maximum absolute atomic E-state index is 12.1. The first kappa shape index (κ1) is 30.2. The average Bonchev–Trinajstić information content (AvgIpc) is 2.81. The van der Waals surface area contributed by atoms with Crippen molar-refractivity contribution in [1.82, 2.24) is 0 Å². The lowest BCUT2D eigenvalue weighted by Gasteiger charge is -2.44. The van der Waals surface area contributed by atoms with E-state index in [-0.39, 0.29) is 12.2 Å². The van der Waals surface area contributed by atoms with Crippen LogP contribution in [0.2, 0.25) is 0 Å². The van der Waals surface area contributed by atoms with E-state index >= 15 is 0 Å². The van der Waals surface area contributed by atoms with E-state index in [9.17, 15) is 19.2 Å². The molecule has 39 heavy (non-hydrogen) atoms. The lowest BCUT2D eigenvalue weighted by Crippen LogP contribution is -2.63. The second kappa shape index (κ2) is 11.8. The van der Waals surface area contributed by atoms with Gasteiger partial charge in [0, 0.05) is 33.3 Å². The van der Waals surface area contributed by atoms with Crippen LogP contribution in [0.25, 0.3) is 0 Å². The Hall–Kier alpha value is -3.34. The smallest absolute Gasteiger partial charge is 0.303 e. The number of fused-ring (bicyclic) bond motifs is 1. The number of esters is 4. The van der Waals surface area contributed by atoms with E-state index in [2.05, 4.69) is 0 Å². The summed E-state index contributed by atoms with van der Waals surface area (Å²) in [5.74, 6) is -1.39. The number of ether oxygens (including phenoxy) is 7. The Bertz CT molecular complexity index is 1140. The van der Waals surface area contributed by atoms with Gasteiger partial charge in [-0.05, 0) is 64.2 Å².